The summed E-state index contributed by atoms with van der Waals surface area (Å²) < 4.78 is 12.5. The first kappa shape index (κ1) is 9.27. The minimum atomic E-state index is -1.38. The number of allylic oxidation sites excluding steroid dienone is 1. The van der Waals surface area contributed by atoms with E-state index in [0.717, 1.165) is 5.56 Å². The highest BCUT2D eigenvalue weighted by molar-refractivity contribution is 6.21. The monoisotopic (exact) mass is 184 g/mol. The van der Waals surface area contributed by atoms with E-state index in [0.29, 0.717) is 5.57 Å². The average molecular weight is 185 g/mol. The van der Waals surface area contributed by atoms with Gasteiger partial charge in [-0.15, -0.1) is 0 Å². The fraction of sp³-hybridized carbons (Fsp3) is 0.200. The van der Waals surface area contributed by atoms with Crippen molar-refractivity contribution in [3.63, 3.8) is 0 Å². The Kier molecular flexibility index (Phi) is 3.30. The third-order valence-electron chi connectivity index (χ3n) is 1.54. The van der Waals surface area contributed by atoms with Gasteiger partial charge in [-0.2, -0.15) is 0 Å². The quantitative estimate of drug-likeness (QED) is 0.616. The Balaban J connectivity index is 2.81. The molecule has 12 heavy (non-hydrogen) atoms. The van der Waals surface area contributed by atoms with Crippen molar-refractivity contribution in [2.45, 2.75) is 12.6 Å². The van der Waals surface area contributed by atoms with E-state index in [9.17, 15) is 4.39 Å². The van der Waals surface area contributed by atoms with E-state index in [1.807, 2.05) is 30.3 Å². The smallest absolute Gasteiger partial charge is 0.194 e. The zero-order chi connectivity index (χ0) is 8.97. The van der Waals surface area contributed by atoms with E-state index in [2.05, 4.69) is 0 Å². The molecule has 0 aliphatic heterocycles. The zero-order valence-corrected chi connectivity index (χ0v) is 7.55. The molecular formula is C10H10ClF. The lowest BCUT2D eigenvalue weighted by molar-refractivity contribution is 0.495. The molecule has 1 rings (SSSR count). The molecule has 0 radical (unpaired) electrons. The number of halogens is 2. The molecule has 0 heterocycles. The van der Waals surface area contributed by atoms with Crippen LogP contribution in [0.25, 0.3) is 6.08 Å². The van der Waals surface area contributed by atoms with Crippen molar-refractivity contribution in [3.8, 4) is 0 Å². The van der Waals surface area contributed by atoms with Crippen LogP contribution in [0.1, 0.15) is 12.5 Å². The van der Waals surface area contributed by atoms with Gasteiger partial charge in [-0.1, -0.05) is 48.0 Å². The Bertz CT molecular complexity index is 264. The van der Waals surface area contributed by atoms with Crippen molar-refractivity contribution in [3.05, 3.63) is 41.5 Å². The van der Waals surface area contributed by atoms with Crippen LogP contribution in [0.5, 0.6) is 0 Å². The summed E-state index contributed by atoms with van der Waals surface area (Å²) in [6, 6.07) is 9.53. The topological polar surface area (TPSA) is 0 Å². The van der Waals surface area contributed by atoms with Gasteiger partial charge in [0.1, 0.15) is 0 Å². The van der Waals surface area contributed by atoms with Gasteiger partial charge >= 0.3 is 0 Å². The minimum absolute atomic E-state index is 0.530. The van der Waals surface area contributed by atoms with Crippen molar-refractivity contribution in [1.82, 2.24) is 0 Å². The molecule has 0 saturated carbocycles. The van der Waals surface area contributed by atoms with Gasteiger partial charge < -0.3 is 0 Å². The Morgan fingerprint density at radius 3 is 2.50 bits per heavy atom. The molecule has 0 amide bonds. The van der Waals surface area contributed by atoms with E-state index in [1.165, 1.54) is 0 Å². The third-order valence-corrected chi connectivity index (χ3v) is 1.88. The maximum absolute atomic E-state index is 12.5. The SMILES string of the molecule is CC(=Cc1ccccc1)C(F)Cl. The van der Waals surface area contributed by atoms with Crippen molar-refractivity contribution in [2.24, 2.45) is 0 Å². The van der Waals surface area contributed by atoms with Crippen molar-refractivity contribution < 1.29 is 4.39 Å². The lowest BCUT2D eigenvalue weighted by Gasteiger charge is -1.99. The van der Waals surface area contributed by atoms with Crippen molar-refractivity contribution in [1.29, 1.82) is 0 Å². The first-order chi connectivity index (χ1) is 5.70. The summed E-state index contributed by atoms with van der Waals surface area (Å²) in [7, 11) is 0. The highest BCUT2D eigenvalue weighted by atomic mass is 35.5. The highest BCUT2D eigenvalue weighted by Gasteiger charge is 2.01. The van der Waals surface area contributed by atoms with Crippen LogP contribution in [0.4, 0.5) is 4.39 Å². The van der Waals surface area contributed by atoms with Crippen LogP contribution < -0.4 is 0 Å². The predicted molar refractivity (Wildman–Crippen MR) is 50.8 cm³/mol. The lowest BCUT2D eigenvalue weighted by Crippen LogP contribution is -1.89. The molecule has 1 atom stereocenters. The third kappa shape index (κ3) is 2.67. The van der Waals surface area contributed by atoms with Gasteiger partial charge in [-0.3, -0.25) is 0 Å². The predicted octanol–water partition coefficient (Wildman–Crippen LogP) is 3.62. The second-order valence-electron chi connectivity index (χ2n) is 2.60. The molecule has 0 nitrogen and oxygen atoms in total. The van der Waals surface area contributed by atoms with Crippen LogP contribution in [0.2, 0.25) is 0 Å². The standard InChI is InChI=1S/C10H10ClF/c1-8(10(11)12)7-9-5-3-2-4-6-9/h2-7,10H,1H3. The Hall–Kier alpha value is -0.820. The van der Waals surface area contributed by atoms with Gasteiger partial charge in [0.25, 0.3) is 0 Å². The van der Waals surface area contributed by atoms with E-state index in [-0.39, 0.29) is 0 Å². The second kappa shape index (κ2) is 4.27. The molecule has 1 unspecified atom stereocenters. The first-order valence-electron chi connectivity index (χ1n) is 3.71. The van der Waals surface area contributed by atoms with Crippen LogP contribution in [-0.2, 0) is 0 Å². The molecular weight excluding hydrogens is 175 g/mol. The fourth-order valence-electron chi connectivity index (χ4n) is 0.875. The maximum Gasteiger partial charge on any atom is 0.194 e. The molecule has 0 bridgehead atoms. The lowest BCUT2D eigenvalue weighted by atomic mass is 10.1. The summed E-state index contributed by atoms with van der Waals surface area (Å²) in [6.45, 7) is 1.67. The Morgan fingerprint density at radius 1 is 1.42 bits per heavy atom. The Morgan fingerprint density at radius 2 is 2.00 bits per heavy atom. The maximum atomic E-state index is 12.5. The van der Waals surface area contributed by atoms with E-state index >= 15 is 0 Å². The van der Waals surface area contributed by atoms with E-state index in [4.69, 9.17) is 11.6 Å². The molecule has 0 aliphatic carbocycles. The van der Waals surface area contributed by atoms with E-state index < -0.39 is 5.63 Å². The largest absolute Gasteiger partial charge is 0.225 e. The van der Waals surface area contributed by atoms with Crippen LogP contribution in [0, 0.1) is 0 Å². The number of rotatable bonds is 2. The van der Waals surface area contributed by atoms with Gasteiger partial charge in [-0.05, 0) is 18.1 Å². The molecule has 1 aromatic rings. The second-order valence-corrected chi connectivity index (χ2v) is 2.98. The number of hydrogen-bond acceptors (Lipinski definition) is 0. The van der Waals surface area contributed by atoms with E-state index in [1.54, 1.807) is 13.0 Å². The summed E-state index contributed by atoms with van der Waals surface area (Å²) in [5.41, 5.74) is 0.117. The molecule has 1 aromatic carbocycles. The first-order valence-corrected chi connectivity index (χ1v) is 4.15. The van der Waals surface area contributed by atoms with Crippen molar-refractivity contribution in [2.75, 3.05) is 0 Å². The van der Waals surface area contributed by atoms with Gasteiger partial charge in [0.2, 0.25) is 0 Å². The molecule has 0 spiro atoms. The van der Waals surface area contributed by atoms with Crippen LogP contribution in [0.3, 0.4) is 0 Å². The molecule has 64 valence electrons. The zero-order valence-electron chi connectivity index (χ0n) is 6.80. The summed E-state index contributed by atoms with van der Waals surface area (Å²) >= 11 is 5.24. The summed E-state index contributed by atoms with van der Waals surface area (Å²) in [4.78, 5) is 0. The molecule has 0 N–H and O–H groups in total. The van der Waals surface area contributed by atoms with Gasteiger partial charge in [0.15, 0.2) is 5.63 Å². The number of alkyl halides is 2. The van der Waals surface area contributed by atoms with Crippen LogP contribution >= 0.6 is 11.6 Å². The summed E-state index contributed by atoms with van der Waals surface area (Å²) in [5.74, 6) is 0. The van der Waals surface area contributed by atoms with Gasteiger partial charge in [0.05, 0.1) is 0 Å². The molecule has 0 fully saturated rings. The molecule has 0 aromatic heterocycles. The molecule has 0 saturated heterocycles. The summed E-state index contributed by atoms with van der Waals surface area (Å²) in [6.07, 6.45) is 1.73. The number of hydrogen-bond donors (Lipinski definition) is 0. The molecule has 0 aliphatic rings. The normalized spacial score (nSPS) is 14.4. The van der Waals surface area contributed by atoms with Gasteiger partial charge in [-0.25, -0.2) is 4.39 Å². The van der Waals surface area contributed by atoms with Crippen LogP contribution in [-0.4, -0.2) is 5.63 Å². The van der Waals surface area contributed by atoms with Gasteiger partial charge in [0, 0.05) is 0 Å². The highest BCUT2D eigenvalue weighted by Crippen LogP contribution is 2.14. The molecule has 2 heteroatoms. The fourth-order valence-corrected chi connectivity index (χ4v) is 0.938. The Labute approximate surface area is 76.7 Å². The van der Waals surface area contributed by atoms with Crippen LogP contribution in [0.15, 0.2) is 35.9 Å². The van der Waals surface area contributed by atoms with Crippen molar-refractivity contribution >= 4 is 17.7 Å². The summed E-state index contributed by atoms with van der Waals surface area (Å²) in [5, 5.41) is 0. The average Bonchev–Trinajstić information content (AvgIpc) is 2.06. The number of benzene rings is 1. The minimum Gasteiger partial charge on any atom is -0.225 e.